The van der Waals surface area contributed by atoms with Crippen molar-refractivity contribution in [2.75, 3.05) is 11.9 Å². The molecule has 1 aliphatic rings. The zero-order valence-corrected chi connectivity index (χ0v) is 19.2. The number of anilines is 1. The average molecular weight is 482 g/mol. The van der Waals surface area contributed by atoms with Crippen LogP contribution in [0.5, 0.6) is 5.75 Å². The fraction of sp³-hybridized carbons (Fsp3) is 0.111. The first-order valence-corrected chi connectivity index (χ1v) is 11.4. The molecule has 4 aromatic rings. The van der Waals surface area contributed by atoms with Crippen LogP contribution in [0.15, 0.2) is 85.1 Å². The van der Waals surface area contributed by atoms with Crippen LogP contribution in [0.2, 0.25) is 0 Å². The van der Waals surface area contributed by atoms with Crippen LogP contribution in [0.25, 0.3) is 16.9 Å². The summed E-state index contributed by atoms with van der Waals surface area (Å²) in [6.45, 7) is -0.291. The van der Waals surface area contributed by atoms with Gasteiger partial charge in [-0.25, -0.2) is 4.68 Å². The van der Waals surface area contributed by atoms with Crippen LogP contribution in [-0.4, -0.2) is 34.1 Å². The van der Waals surface area contributed by atoms with Crippen LogP contribution < -0.4 is 20.9 Å². The molecule has 1 aliphatic heterocycles. The molecule has 3 aromatic carbocycles. The highest BCUT2D eigenvalue weighted by Gasteiger charge is 2.20. The summed E-state index contributed by atoms with van der Waals surface area (Å²) in [6, 6.07) is 24.0. The number of aromatic nitrogens is 2. The maximum absolute atomic E-state index is 13.0. The molecule has 36 heavy (non-hydrogen) atoms. The SMILES string of the molecule is O=C(COc1ccc2c(c1)CCC(=O)N2)NNC(=O)c1cn(-c2ccccc2)nc1-c1ccccc1. The molecular formula is C27H23N5O4. The van der Waals surface area contributed by atoms with Crippen molar-refractivity contribution in [3.8, 4) is 22.7 Å². The van der Waals surface area contributed by atoms with Crippen molar-refractivity contribution >= 4 is 23.4 Å². The molecule has 0 saturated heterocycles. The number of hydrazine groups is 1. The third kappa shape index (κ3) is 5.10. The monoisotopic (exact) mass is 481 g/mol. The molecule has 0 radical (unpaired) electrons. The van der Waals surface area contributed by atoms with Gasteiger partial charge in [0.15, 0.2) is 6.61 Å². The largest absolute Gasteiger partial charge is 0.484 e. The number of hydrogen-bond donors (Lipinski definition) is 3. The minimum Gasteiger partial charge on any atom is -0.484 e. The summed E-state index contributed by atoms with van der Waals surface area (Å²) in [7, 11) is 0. The van der Waals surface area contributed by atoms with E-state index in [1.165, 1.54) is 0 Å². The number of hydrogen-bond acceptors (Lipinski definition) is 5. The van der Waals surface area contributed by atoms with Crippen molar-refractivity contribution in [2.24, 2.45) is 0 Å². The first-order valence-electron chi connectivity index (χ1n) is 11.4. The number of carbonyl (C=O) groups excluding carboxylic acids is 3. The molecule has 0 fully saturated rings. The Hall–Kier alpha value is -4.92. The average Bonchev–Trinajstić information content (AvgIpc) is 3.37. The van der Waals surface area contributed by atoms with Crippen molar-refractivity contribution in [1.29, 1.82) is 0 Å². The van der Waals surface area contributed by atoms with Crippen molar-refractivity contribution < 1.29 is 19.1 Å². The smallest absolute Gasteiger partial charge is 0.276 e. The van der Waals surface area contributed by atoms with E-state index in [0.29, 0.717) is 29.8 Å². The van der Waals surface area contributed by atoms with Gasteiger partial charge in [0.05, 0.1) is 11.3 Å². The van der Waals surface area contributed by atoms with E-state index < -0.39 is 11.8 Å². The van der Waals surface area contributed by atoms with Gasteiger partial charge in [-0.3, -0.25) is 25.2 Å². The molecule has 3 amide bonds. The van der Waals surface area contributed by atoms with Gasteiger partial charge in [-0.15, -0.1) is 0 Å². The van der Waals surface area contributed by atoms with Gasteiger partial charge in [0.1, 0.15) is 11.4 Å². The molecule has 1 aromatic heterocycles. The van der Waals surface area contributed by atoms with Gasteiger partial charge in [-0.1, -0.05) is 48.5 Å². The van der Waals surface area contributed by atoms with E-state index in [2.05, 4.69) is 21.3 Å². The second-order valence-corrected chi connectivity index (χ2v) is 8.20. The third-order valence-corrected chi connectivity index (χ3v) is 5.68. The Morgan fingerprint density at radius 2 is 1.69 bits per heavy atom. The minimum absolute atomic E-state index is 0.0176. The number of aryl methyl sites for hydroxylation is 1. The number of rotatable bonds is 6. The summed E-state index contributed by atoms with van der Waals surface area (Å²) in [5.41, 5.74) is 8.91. The van der Waals surface area contributed by atoms with Gasteiger partial charge >= 0.3 is 0 Å². The van der Waals surface area contributed by atoms with Crippen LogP contribution in [-0.2, 0) is 16.0 Å². The Morgan fingerprint density at radius 1 is 0.944 bits per heavy atom. The molecule has 180 valence electrons. The lowest BCUT2D eigenvalue weighted by atomic mass is 10.0. The van der Waals surface area contributed by atoms with Crippen LogP contribution in [0.4, 0.5) is 5.69 Å². The highest BCUT2D eigenvalue weighted by Crippen LogP contribution is 2.27. The molecule has 0 spiro atoms. The van der Waals surface area contributed by atoms with Crippen LogP contribution in [0, 0.1) is 0 Å². The molecular weight excluding hydrogens is 458 g/mol. The Bertz CT molecular complexity index is 1420. The zero-order chi connectivity index (χ0) is 24.9. The van der Waals surface area contributed by atoms with E-state index in [-0.39, 0.29) is 12.5 Å². The van der Waals surface area contributed by atoms with Gasteiger partial charge in [0.25, 0.3) is 11.8 Å². The molecule has 9 nitrogen and oxygen atoms in total. The van der Waals surface area contributed by atoms with E-state index in [4.69, 9.17) is 4.74 Å². The first kappa shape index (κ1) is 22.9. The van der Waals surface area contributed by atoms with Crippen molar-refractivity contribution in [2.45, 2.75) is 12.8 Å². The fourth-order valence-electron chi connectivity index (χ4n) is 3.89. The van der Waals surface area contributed by atoms with E-state index >= 15 is 0 Å². The predicted octanol–water partition coefficient (Wildman–Crippen LogP) is 3.26. The Labute approximate surface area is 207 Å². The van der Waals surface area contributed by atoms with Gasteiger partial charge in [0.2, 0.25) is 5.91 Å². The molecule has 0 bridgehead atoms. The van der Waals surface area contributed by atoms with Crippen LogP contribution >= 0.6 is 0 Å². The molecule has 2 heterocycles. The molecule has 0 unspecified atom stereocenters. The summed E-state index contributed by atoms with van der Waals surface area (Å²) in [5, 5.41) is 7.41. The number of benzene rings is 3. The van der Waals surface area contributed by atoms with Crippen molar-refractivity contribution in [1.82, 2.24) is 20.6 Å². The lowest BCUT2D eigenvalue weighted by Gasteiger charge is -2.17. The second-order valence-electron chi connectivity index (χ2n) is 8.20. The molecule has 9 heteroatoms. The van der Waals surface area contributed by atoms with Gasteiger partial charge in [-0.05, 0) is 42.3 Å². The highest BCUT2D eigenvalue weighted by molar-refractivity contribution is 6.00. The van der Waals surface area contributed by atoms with E-state index in [1.807, 2.05) is 60.7 Å². The number of ether oxygens (including phenoxy) is 1. The maximum Gasteiger partial charge on any atom is 0.276 e. The minimum atomic E-state index is -0.522. The summed E-state index contributed by atoms with van der Waals surface area (Å²) < 4.78 is 7.19. The summed E-state index contributed by atoms with van der Waals surface area (Å²) in [6.07, 6.45) is 2.65. The summed E-state index contributed by atoms with van der Waals surface area (Å²) >= 11 is 0. The zero-order valence-electron chi connectivity index (χ0n) is 19.2. The Balaban J connectivity index is 1.24. The third-order valence-electron chi connectivity index (χ3n) is 5.68. The summed E-state index contributed by atoms with van der Waals surface area (Å²) in [5.74, 6) is -0.544. The second kappa shape index (κ2) is 10.1. The number of fused-ring (bicyclic) bond motifs is 1. The standard InChI is InChI=1S/C27H23N5O4/c33-24-14-11-19-15-21(12-13-23(19)28-24)36-17-25(34)29-30-27(35)22-16-32(20-9-5-2-6-10-20)31-26(22)18-7-3-1-4-8-18/h1-10,12-13,15-16H,11,14,17H2,(H,28,33)(H,29,34)(H,30,35). The molecule has 3 N–H and O–H groups in total. The maximum atomic E-state index is 13.0. The lowest BCUT2D eigenvalue weighted by molar-refractivity contribution is -0.123. The summed E-state index contributed by atoms with van der Waals surface area (Å²) in [4.78, 5) is 36.8. The van der Waals surface area contributed by atoms with E-state index in [1.54, 1.807) is 29.1 Å². The van der Waals surface area contributed by atoms with Crippen molar-refractivity contribution in [3.05, 3.63) is 96.2 Å². The van der Waals surface area contributed by atoms with E-state index in [9.17, 15) is 14.4 Å². The lowest BCUT2D eigenvalue weighted by Crippen LogP contribution is -2.43. The number of nitrogens with zero attached hydrogens (tertiary/aromatic N) is 2. The Kier molecular flexibility index (Phi) is 6.44. The van der Waals surface area contributed by atoms with Gasteiger partial charge < -0.3 is 10.1 Å². The highest BCUT2D eigenvalue weighted by atomic mass is 16.5. The first-order chi connectivity index (χ1) is 17.6. The number of amides is 3. The number of nitrogens with one attached hydrogen (secondary N) is 3. The number of para-hydroxylation sites is 1. The van der Waals surface area contributed by atoms with Crippen molar-refractivity contribution in [3.63, 3.8) is 0 Å². The molecule has 5 rings (SSSR count). The normalized spacial score (nSPS) is 12.3. The fourth-order valence-corrected chi connectivity index (χ4v) is 3.89. The molecule has 0 aliphatic carbocycles. The van der Waals surface area contributed by atoms with Gasteiger partial charge in [0, 0.05) is 23.9 Å². The predicted molar refractivity (Wildman–Crippen MR) is 133 cm³/mol. The molecule has 0 atom stereocenters. The molecule has 0 saturated carbocycles. The van der Waals surface area contributed by atoms with Crippen LogP contribution in [0.1, 0.15) is 22.3 Å². The van der Waals surface area contributed by atoms with E-state index in [0.717, 1.165) is 22.5 Å². The van der Waals surface area contributed by atoms with Crippen LogP contribution in [0.3, 0.4) is 0 Å². The Morgan fingerprint density at radius 3 is 2.47 bits per heavy atom. The quantitative estimate of drug-likeness (QED) is 0.366. The van der Waals surface area contributed by atoms with Gasteiger partial charge in [-0.2, -0.15) is 5.10 Å². The number of carbonyl (C=O) groups is 3. The topological polar surface area (TPSA) is 114 Å².